The van der Waals surface area contributed by atoms with Crippen LogP contribution < -0.4 is 5.32 Å². The van der Waals surface area contributed by atoms with Crippen LogP contribution in [0.1, 0.15) is 22.5 Å². The average Bonchev–Trinajstić information content (AvgIpc) is 2.54. The van der Waals surface area contributed by atoms with E-state index < -0.39 is 0 Å². The van der Waals surface area contributed by atoms with Crippen molar-refractivity contribution in [2.45, 2.75) is 13.3 Å². The van der Waals surface area contributed by atoms with E-state index in [9.17, 15) is 9.59 Å². The van der Waals surface area contributed by atoms with Gasteiger partial charge in [-0.1, -0.05) is 6.07 Å². The Balaban J connectivity index is 2.19. The van der Waals surface area contributed by atoms with E-state index in [0.717, 1.165) is 12.0 Å². The third kappa shape index (κ3) is 2.61. The minimum atomic E-state index is -0.167. The van der Waals surface area contributed by atoms with Crippen LogP contribution in [0.25, 0.3) is 0 Å². The molecule has 2 rings (SSSR count). The lowest BCUT2D eigenvalue weighted by Crippen LogP contribution is -2.38. The van der Waals surface area contributed by atoms with Gasteiger partial charge in [-0.3, -0.25) is 14.6 Å². The molecule has 0 radical (unpaired) electrons. The molecule has 0 unspecified atom stereocenters. The molecule has 0 saturated carbocycles. The van der Waals surface area contributed by atoms with E-state index in [2.05, 4.69) is 10.3 Å². The predicted octanol–water partition coefficient (Wildman–Crippen LogP) is 0.352. The topological polar surface area (TPSA) is 62.3 Å². The maximum atomic E-state index is 12.2. The van der Waals surface area contributed by atoms with Crippen molar-refractivity contribution in [3.05, 3.63) is 29.6 Å². The van der Waals surface area contributed by atoms with Crippen LogP contribution in [-0.2, 0) is 4.79 Å². The molecule has 1 aliphatic rings. The number of rotatable bonds is 1. The van der Waals surface area contributed by atoms with Crippen molar-refractivity contribution in [3.8, 4) is 0 Å². The summed E-state index contributed by atoms with van der Waals surface area (Å²) in [6.07, 6.45) is 2.38. The van der Waals surface area contributed by atoms with E-state index in [0.29, 0.717) is 18.8 Å². The standard InChI is InChI=1S/C12H15N3O2/c1-9-4-2-5-14-11(9)12(17)15-7-3-6-13-10(16)8-15/h2,4-5H,3,6-8H2,1H3,(H,13,16). The van der Waals surface area contributed by atoms with Crippen LogP contribution in [-0.4, -0.2) is 41.3 Å². The first-order valence-electron chi connectivity index (χ1n) is 5.66. The third-order valence-corrected chi connectivity index (χ3v) is 2.76. The number of nitrogens with one attached hydrogen (secondary N) is 1. The van der Waals surface area contributed by atoms with Gasteiger partial charge in [0.1, 0.15) is 5.69 Å². The number of nitrogens with zero attached hydrogens (tertiary/aromatic N) is 2. The van der Waals surface area contributed by atoms with Crippen molar-refractivity contribution in [2.24, 2.45) is 0 Å². The molecule has 0 spiro atoms. The molecule has 17 heavy (non-hydrogen) atoms. The van der Waals surface area contributed by atoms with Crippen LogP contribution in [0.4, 0.5) is 0 Å². The molecule has 1 fully saturated rings. The molecule has 0 atom stereocenters. The van der Waals surface area contributed by atoms with Gasteiger partial charge in [-0.15, -0.1) is 0 Å². The SMILES string of the molecule is Cc1cccnc1C(=O)N1CCCNC(=O)C1. The maximum absolute atomic E-state index is 12.2. The number of amides is 2. The van der Waals surface area contributed by atoms with E-state index in [4.69, 9.17) is 0 Å². The molecule has 1 saturated heterocycles. The van der Waals surface area contributed by atoms with Crippen molar-refractivity contribution in [2.75, 3.05) is 19.6 Å². The van der Waals surface area contributed by atoms with Crippen molar-refractivity contribution in [1.29, 1.82) is 0 Å². The molecule has 1 aliphatic heterocycles. The zero-order valence-corrected chi connectivity index (χ0v) is 9.77. The lowest BCUT2D eigenvalue weighted by Gasteiger charge is -2.19. The zero-order chi connectivity index (χ0) is 12.3. The predicted molar refractivity (Wildman–Crippen MR) is 62.5 cm³/mol. The van der Waals surface area contributed by atoms with Gasteiger partial charge in [0.25, 0.3) is 5.91 Å². The van der Waals surface area contributed by atoms with Crippen molar-refractivity contribution in [3.63, 3.8) is 0 Å². The number of pyridine rings is 1. The molecule has 0 aromatic carbocycles. The van der Waals surface area contributed by atoms with E-state index in [1.54, 1.807) is 17.2 Å². The van der Waals surface area contributed by atoms with Crippen LogP contribution in [0.3, 0.4) is 0 Å². The molecule has 1 aromatic heterocycles. The molecule has 2 heterocycles. The van der Waals surface area contributed by atoms with Crippen LogP contribution in [0.5, 0.6) is 0 Å². The molecule has 1 N–H and O–H groups in total. The highest BCUT2D eigenvalue weighted by molar-refractivity contribution is 5.96. The van der Waals surface area contributed by atoms with E-state index in [1.165, 1.54) is 0 Å². The van der Waals surface area contributed by atoms with E-state index >= 15 is 0 Å². The third-order valence-electron chi connectivity index (χ3n) is 2.76. The second-order valence-electron chi connectivity index (χ2n) is 4.10. The van der Waals surface area contributed by atoms with Crippen molar-refractivity contribution in [1.82, 2.24) is 15.2 Å². The molecule has 2 amide bonds. The van der Waals surface area contributed by atoms with Crippen LogP contribution in [0, 0.1) is 6.92 Å². The first-order valence-corrected chi connectivity index (χ1v) is 5.66. The fraction of sp³-hybridized carbons (Fsp3) is 0.417. The highest BCUT2D eigenvalue weighted by Gasteiger charge is 2.22. The first-order chi connectivity index (χ1) is 8.18. The van der Waals surface area contributed by atoms with Gasteiger partial charge in [-0.05, 0) is 25.0 Å². The molecular formula is C12H15N3O2. The summed E-state index contributed by atoms with van der Waals surface area (Å²) in [6, 6.07) is 3.64. The molecule has 5 nitrogen and oxygen atoms in total. The van der Waals surface area contributed by atoms with Gasteiger partial charge in [0.15, 0.2) is 0 Å². The number of carbonyl (C=O) groups excluding carboxylic acids is 2. The smallest absolute Gasteiger partial charge is 0.273 e. The summed E-state index contributed by atoms with van der Waals surface area (Å²) in [6.45, 7) is 3.18. The maximum Gasteiger partial charge on any atom is 0.273 e. The summed E-state index contributed by atoms with van der Waals surface area (Å²) in [5.74, 6) is -0.274. The van der Waals surface area contributed by atoms with Crippen LogP contribution in [0.2, 0.25) is 0 Å². The van der Waals surface area contributed by atoms with E-state index in [-0.39, 0.29) is 18.4 Å². The summed E-state index contributed by atoms with van der Waals surface area (Å²) in [7, 11) is 0. The fourth-order valence-electron chi connectivity index (χ4n) is 1.84. The summed E-state index contributed by atoms with van der Waals surface area (Å²) in [5.41, 5.74) is 1.27. The Morgan fingerprint density at radius 2 is 2.35 bits per heavy atom. The highest BCUT2D eigenvalue weighted by atomic mass is 16.2. The fourth-order valence-corrected chi connectivity index (χ4v) is 1.84. The number of carbonyl (C=O) groups is 2. The Kier molecular flexibility index (Phi) is 3.37. The van der Waals surface area contributed by atoms with Gasteiger partial charge in [0, 0.05) is 19.3 Å². The lowest BCUT2D eigenvalue weighted by molar-refractivity contribution is -0.121. The Hall–Kier alpha value is -1.91. The average molecular weight is 233 g/mol. The highest BCUT2D eigenvalue weighted by Crippen LogP contribution is 2.08. The number of aromatic nitrogens is 1. The summed E-state index contributed by atoms with van der Waals surface area (Å²) < 4.78 is 0. The zero-order valence-electron chi connectivity index (χ0n) is 9.77. The largest absolute Gasteiger partial charge is 0.354 e. The van der Waals surface area contributed by atoms with Crippen molar-refractivity contribution >= 4 is 11.8 Å². The monoisotopic (exact) mass is 233 g/mol. The molecule has 5 heteroatoms. The quantitative estimate of drug-likeness (QED) is 0.761. The number of aryl methyl sites for hydroxylation is 1. The first kappa shape index (κ1) is 11.6. The van der Waals surface area contributed by atoms with Gasteiger partial charge in [0.2, 0.25) is 5.91 Å². The van der Waals surface area contributed by atoms with Gasteiger partial charge in [-0.2, -0.15) is 0 Å². The summed E-state index contributed by atoms with van der Waals surface area (Å²) in [4.78, 5) is 29.2. The Bertz CT molecular complexity index is 445. The second kappa shape index (κ2) is 4.95. The molecule has 0 bridgehead atoms. The van der Waals surface area contributed by atoms with Crippen LogP contribution in [0.15, 0.2) is 18.3 Å². The minimum absolute atomic E-state index is 0.107. The van der Waals surface area contributed by atoms with Crippen molar-refractivity contribution < 1.29 is 9.59 Å². The number of hydrogen-bond donors (Lipinski definition) is 1. The van der Waals surface area contributed by atoms with Gasteiger partial charge < -0.3 is 10.2 Å². The molecule has 90 valence electrons. The van der Waals surface area contributed by atoms with E-state index in [1.807, 2.05) is 13.0 Å². The number of hydrogen-bond acceptors (Lipinski definition) is 3. The molecule has 1 aromatic rings. The molecule has 0 aliphatic carbocycles. The minimum Gasteiger partial charge on any atom is -0.354 e. The Morgan fingerprint density at radius 1 is 1.53 bits per heavy atom. The van der Waals surface area contributed by atoms with Crippen LogP contribution >= 0.6 is 0 Å². The molecular weight excluding hydrogens is 218 g/mol. The van der Waals surface area contributed by atoms with Gasteiger partial charge >= 0.3 is 0 Å². The van der Waals surface area contributed by atoms with Gasteiger partial charge in [-0.25, -0.2) is 0 Å². The van der Waals surface area contributed by atoms with Gasteiger partial charge in [0.05, 0.1) is 6.54 Å². The summed E-state index contributed by atoms with van der Waals surface area (Å²) >= 11 is 0. The Labute approximate surface area is 99.8 Å². The summed E-state index contributed by atoms with van der Waals surface area (Å²) in [5, 5.41) is 2.74. The normalized spacial score (nSPS) is 16.3. The second-order valence-corrected chi connectivity index (χ2v) is 4.10. The lowest BCUT2D eigenvalue weighted by atomic mass is 10.2. The Morgan fingerprint density at radius 3 is 3.12 bits per heavy atom.